The van der Waals surface area contributed by atoms with E-state index in [2.05, 4.69) is 24.5 Å². The van der Waals surface area contributed by atoms with Gasteiger partial charge in [-0.15, -0.1) is 0 Å². The summed E-state index contributed by atoms with van der Waals surface area (Å²) in [5.41, 5.74) is 0. The van der Waals surface area contributed by atoms with E-state index in [0.717, 1.165) is 32.5 Å². The Kier molecular flexibility index (Phi) is 6.65. The fraction of sp³-hybridized carbons (Fsp3) is 0.846. The molecule has 1 rings (SSSR count). The Morgan fingerprint density at radius 2 is 2.21 bits per heavy atom. The molecule has 0 aromatic carbocycles. The van der Waals surface area contributed by atoms with Crippen molar-refractivity contribution in [3.8, 4) is 0 Å². The molecule has 1 fully saturated rings. The van der Waals surface area contributed by atoms with Crippen molar-refractivity contribution in [2.45, 2.75) is 32.7 Å². The van der Waals surface area contributed by atoms with Crippen LogP contribution in [0.4, 0.5) is 0 Å². The summed E-state index contributed by atoms with van der Waals surface area (Å²) in [6.07, 6.45) is 1.89. The SMILES string of the molecule is CCN1CCCC(N(CC(=O)O)C(=O)C(C)CS)C1. The molecule has 1 aliphatic heterocycles. The van der Waals surface area contributed by atoms with Gasteiger partial charge in [0.05, 0.1) is 0 Å². The van der Waals surface area contributed by atoms with Crippen molar-refractivity contribution >= 4 is 24.5 Å². The third kappa shape index (κ3) is 4.69. The minimum absolute atomic E-state index is 0.0135. The molecule has 1 aliphatic rings. The number of nitrogens with zero attached hydrogens (tertiary/aromatic N) is 2. The molecule has 1 heterocycles. The number of rotatable bonds is 6. The molecule has 19 heavy (non-hydrogen) atoms. The van der Waals surface area contributed by atoms with Crippen LogP contribution < -0.4 is 0 Å². The Morgan fingerprint density at radius 1 is 1.53 bits per heavy atom. The number of likely N-dealkylation sites (tertiary alicyclic amines) is 1. The van der Waals surface area contributed by atoms with Crippen LogP contribution in [-0.2, 0) is 9.59 Å². The summed E-state index contributed by atoms with van der Waals surface area (Å²) in [6.45, 7) is 6.42. The quantitative estimate of drug-likeness (QED) is 0.715. The van der Waals surface area contributed by atoms with E-state index in [-0.39, 0.29) is 24.4 Å². The van der Waals surface area contributed by atoms with Crippen molar-refractivity contribution in [2.24, 2.45) is 5.92 Å². The van der Waals surface area contributed by atoms with Gasteiger partial charge in [0, 0.05) is 24.3 Å². The number of hydrogen-bond donors (Lipinski definition) is 2. The molecule has 0 aromatic heterocycles. The highest BCUT2D eigenvalue weighted by Gasteiger charge is 2.31. The van der Waals surface area contributed by atoms with Crippen LogP contribution in [0.25, 0.3) is 0 Å². The first-order valence-electron chi connectivity index (χ1n) is 6.85. The number of carbonyl (C=O) groups excluding carboxylic acids is 1. The van der Waals surface area contributed by atoms with E-state index >= 15 is 0 Å². The molecule has 0 spiro atoms. The molecular weight excluding hydrogens is 264 g/mol. The lowest BCUT2D eigenvalue weighted by molar-refractivity contribution is -0.148. The lowest BCUT2D eigenvalue weighted by Gasteiger charge is -2.39. The maximum Gasteiger partial charge on any atom is 0.323 e. The Hall–Kier alpha value is -0.750. The van der Waals surface area contributed by atoms with Crippen LogP contribution in [-0.4, -0.2) is 64.8 Å². The molecule has 0 aromatic rings. The van der Waals surface area contributed by atoms with E-state index < -0.39 is 5.97 Å². The van der Waals surface area contributed by atoms with Crippen molar-refractivity contribution < 1.29 is 14.7 Å². The van der Waals surface area contributed by atoms with E-state index in [0.29, 0.717) is 5.75 Å². The van der Waals surface area contributed by atoms with E-state index in [1.54, 1.807) is 6.92 Å². The lowest BCUT2D eigenvalue weighted by Crippen LogP contribution is -2.53. The van der Waals surface area contributed by atoms with E-state index in [4.69, 9.17) is 5.11 Å². The van der Waals surface area contributed by atoms with Gasteiger partial charge in [-0.25, -0.2) is 0 Å². The smallest absolute Gasteiger partial charge is 0.323 e. The molecule has 1 saturated heterocycles. The summed E-state index contributed by atoms with van der Waals surface area (Å²) in [4.78, 5) is 27.1. The molecule has 5 nitrogen and oxygen atoms in total. The first-order valence-corrected chi connectivity index (χ1v) is 7.48. The van der Waals surface area contributed by atoms with E-state index in [1.165, 1.54) is 4.90 Å². The van der Waals surface area contributed by atoms with Gasteiger partial charge in [-0.2, -0.15) is 12.6 Å². The monoisotopic (exact) mass is 288 g/mol. The highest BCUT2D eigenvalue weighted by molar-refractivity contribution is 7.80. The Balaban J connectivity index is 2.77. The van der Waals surface area contributed by atoms with Crippen LogP contribution in [0.15, 0.2) is 0 Å². The summed E-state index contributed by atoms with van der Waals surface area (Å²) in [5, 5.41) is 9.01. The molecule has 110 valence electrons. The van der Waals surface area contributed by atoms with Crippen molar-refractivity contribution in [3.05, 3.63) is 0 Å². The molecule has 0 saturated carbocycles. The zero-order chi connectivity index (χ0) is 14.4. The van der Waals surface area contributed by atoms with Crippen LogP contribution in [0.1, 0.15) is 26.7 Å². The maximum atomic E-state index is 12.3. The van der Waals surface area contributed by atoms with Gasteiger partial charge in [0.15, 0.2) is 0 Å². The predicted molar refractivity (Wildman–Crippen MR) is 77.5 cm³/mol. The number of amides is 1. The van der Waals surface area contributed by atoms with Crippen LogP contribution in [0.5, 0.6) is 0 Å². The third-order valence-corrected chi connectivity index (χ3v) is 4.20. The highest BCUT2D eigenvalue weighted by Crippen LogP contribution is 2.18. The number of carbonyl (C=O) groups is 2. The molecule has 2 atom stereocenters. The average Bonchev–Trinajstić information content (AvgIpc) is 2.43. The third-order valence-electron chi connectivity index (χ3n) is 3.65. The van der Waals surface area contributed by atoms with Gasteiger partial charge in [0.25, 0.3) is 0 Å². The number of carboxylic acids is 1. The van der Waals surface area contributed by atoms with Gasteiger partial charge >= 0.3 is 5.97 Å². The molecule has 0 radical (unpaired) electrons. The number of piperidine rings is 1. The van der Waals surface area contributed by atoms with Gasteiger partial charge < -0.3 is 14.9 Å². The number of aliphatic carboxylic acids is 1. The second-order valence-corrected chi connectivity index (χ2v) is 5.50. The van der Waals surface area contributed by atoms with E-state index in [9.17, 15) is 9.59 Å². The predicted octanol–water partition coefficient (Wildman–Crippen LogP) is 0.950. The van der Waals surface area contributed by atoms with Gasteiger partial charge in [0.1, 0.15) is 6.54 Å². The number of likely N-dealkylation sites (N-methyl/N-ethyl adjacent to an activating group) is 1. The molecular formula is C13H24N2O3S. The minimum Gasteiger partial charge on any atom is -0.480 e. The molecule has 0 aliphatic carbocycles. The minimum atomic E-state index is -0.951. The van der Waals surface area contributed by atoms with Crippen molar-refractivity contribution in [1.29, 1.82) is 0 Å². The summed E-state index contributed by atoms with van der Waals surface area (Å²) < 4.78 is 0. The van der Waals surface area contributed by atoms with Crippen LogP contribution in [0.3, 0.4) is 0 Å². The Morgan fingerprint density at radius 3 is 2.74 bits per heavy atom. The van der Waals surface area contributed by atoms with Crippen molar-refractivity contribution in [2.75, 3.05) is 31.9 Å². The molecule has 6 heteroatoms. The molecule has 2 unspecified atom stereocenters. The van der Waals surface area contributed by atoms with Crippen LogP contribution >= 0.6 is 12.6 Å². The zero-order valence-corrected chi connectivity index (χ0v) is 12.6. The molecule has 1 amide bonds. The molecule has 0 bridgehead atoms. The first-order chi connectivity index (χ1) is 8.99. The summed E-state index contributed by atoms with van der Waals surface area (Å²) in [7, 11) is 0. The lowest BCUT2D eigenvalue weighted by atomic mass is 10.0. The van der Waals surface area contributed by atoms with Gasteiger partial charge in [-0.3, -0.25) is 9.59 Å². The van der Waals surface area contributed by atoms with Crippen molar-refractivity contribution in [3.63, 3.8) is 0 Å². The first kappa shape index (κ1) is 16.3. The average molecular weight is 288 g/mol. The van der Waals surface area contributed by atoms with Gasteiger partial charge in [-0.05, 0) is 25.9 Å². The number of hydrogen-bond acceptors (Lipinski definition) is 4. The fourth-order valence-corrected chi connectivity index (χ4v) is 2.62. The van der Waals surface area contributed by atoms with Crippen LogP contribution in [0.2, 0.25) is 0 Å². The Labute approximate surface area is 120 Å². The van der Waals surface area contributed by atoms with Gasteiger partial charge in [0.2, 0.25) is 5.91 Å². The summed E-state index contributed by atoms with van der Waals surface area (Å²) in [5.74, 6) is -0.840. The largest absolute Gasteiger partial charge is 0.480 e. The second-order valence-electron chi connectivity index (χ2n) is 5.13. The zero-order valence-electron chi connectivity index (χ0n) is 11.7. The second kappa shape index (κ2) is 7.75. The number of carboxylic acid groups (broad SMARTS) is 1. The Bertz CT molecular complexity index is 325. The standard InChI is InChI=1S/C13H24N2O3S/c1-3-14-6-4-5-11(7-14)15(8-12(16)17)13(18)10(2)9-19/h10-11,19H,3-9H2,1-2H3,(H,16,17). The fourth-order valence-electron chi connectivity index (χ4n) is 2.47. The molecule has 1 N–H and O–H groups in total. The van der Waals surface area contributed by atoms with Gasteiger partial charge in [-0.1, -0.05) is 13.8 Å². The van der Waals surface area contributed by atoms with Crippen molar-refractivity contribution in [1.82, 2.24) is 9.80 Å². The maximum absolute atomic E-state index is 12.3. The van der Waals surface area contributed by atoms with Crippen LogP contribution in [0, 0.1) is 5.92 Å². The number of thiol groups is 1. The summed E-state index contributed by atoms with van der Waals surface area (Å²) in [6, 6.07) is 0.0135. The normalized spacial score (nSPS) is 21.9. The topological polar surface area (TPSA) is 60.9 Å². The highest BCUT2D eigenvalue weighted by atomic mass is 32.1. The van der Waals surface area contributed by atoms with E-state index in [1.807, 2.05) is 0 Å². The summed E-state index contributed by atoms with van der Waals surface area (Å²) >= 11 is 4.13.